The molecule has 0 radical (unpaired) electrons. The molecule has 27 heavy (non-hydrogen) atoms. The van der Waals surface area contributed by atoms with Crippen LogP contribution in [0.15, 0.2) is 54.6 Å². The molecule has 0 N–H and O–H groups in total. The van der Waals surface area contributed by atoms with Crippen molar-refractivity contribution in [1.29, 1.82) is 0 Å². The van der Waals surface area contributed by atoms with Crippen LogP contribution in [0.3, 0.4) is 0 Å². The summed E-state index contributed by atoms with van der Waals surface area (Å²) >= 11 is 0. The number of ether oxygens (including phenoxy) is 2. The molecule has 1 unspecified atom stereocenters. The number of hydrogen-bond acceptors (Lipinski definition) is 4. The first-order chi connectivity index (χ1) is 13.2. The lowest BCUT2D eigenvalue weighted by atomic mass is 10.0. The van der Waals surface area contributed by atoms with Gasteiger partial charge in [-0.05, 0) is 49.1 Å². The lowest BCUT2D eigenvalue weighted by Crippen LogP contribution is -2.48. The van der Waals surface area contributed by atoms with E-state index in [1.54, 1.807) is 24.1 Å². The molecule has 0 bridgehead atoms. The van der Waals surface area contributed by atoms with Crippen LogP contribution in [0.5, 0.6) is 5.75 Å². The van der Waals surface area contributed by atoms with E-state index in [0.717, 1.165) is 24.2 Å². The van der Waals surface area contributed by atoms with Gasteiger partial charge in [0.25, 0.3) is 5.91 Å². The van der Waals surface area contributed by atoms with Crippen molar-refractivity contribution in [1.82, 2.24) is 4.90 Å². The fourth-order valence-corrected chi connectivity index (χ4v) is 3.32. The third kappa shape index (κ3) is 4.88. The number of esters is 1. The normalized spacial score (nSPS) is 16.6. The number of carbonyl (C=O) groups excluding carboxylic acids is 2. The fourth-order valence-electron chi connectivity index (χ4n) is 3.32. The van der Waals surface area contributed by atoms with Gasteiger partial charge in [0.15, 0.2) is 0 Å². The van der Waals surface area contributed by atoms with E-state index in [0.29, 0.717) is 31.6 Å². The second-order valence-corrected chi connectivity index (χ2v) is 6.64. The van der Waals surface area contributed by atoms with E-state index in [-0.39, 0.29) is 11.9 Å². The van der Waals surface area contributed by atoms with Crippen LogP contribution in [0.2, 0.25) is 0 Å². The van der Waals surface area contributed by atoms with Crippen molar-refractivity contribution in [3.05, 3.63) is 65.7 Å². The van der Waals surface area contributed by atoms with Crippen LogP contribution in [0.25, 0.3) is 0 Å². The van der Waals surface area contributed by atoms with Crippen LogP contribution in [-0.2, 0) is 16.0 Å². The maximum absolute atomic E-state index is 12.8. The molecule has 3 rings (SSSR count). The van der Waals surface area contributed by atoms with Gasteiger partial charge < -0.3 is 14.4 Å². The summed E-state index contributed by atoms with van der Waals surface area (Å²) in [6, 6.07) is 16.3. The Balaban J connectivity index is 1.57. The SMILES string of the molecule is COc1ccc(CCOC(=O)C2CCCCN2C(=O)c2ccccc2)cc1. The molecule has 5 heteroatoms. The van der Waals surface area contributed by atoms with Gasteiger partial charge in [-0.3, -0.25) is 4.79 Å². The summed E-state index contributed by atoms with van der Waals surface area (Å²) in [6.07, 6.45) is 3.13. The molecule has 142 valence electrons. The van der Waals surface area contributed by atoms with Gasteiger partial charge in [-0.15, -0.1) is 0 Å². The van der Waals surface area contributed by atoms with Crippen LogP contribution < -0.4 is 4.74 Å². The topological polar surface area (TPSA) is 55.8 Å². The molecule has 0 saturated carbocycles. The number of nitrogens with zero attached hydrogens (tertiary/aromatic N) is 1. The quantitative estimate of drug-likeness (QED) is 0.734. The number of benzene rings is 2. The lowest BCUT2D eigenvalue weighted by Gasteiger charge is -2.34. The number of piperidine rings is 1. The maximum Gasteiger partial charge on any atom is 0.328 e. The van der Waals surface area contributed by atoms with Crippen molar-refractivity contribution in [2.75, 3.05) is 20.3 Å². The molecule has 1 saturated heterocycles. The van der Waals surface area contributed by atoms with Gasteiger partial charge in [-0.1, -0.05) is 30.3 Å². The van der Waals surface area contributed by atoms with Crippen molar-refractivity contribution in [3.63, 3.8) is 0 Å². The van der Waals surface area contributed by atoms with Crippen molar-refractivity contribution < 1.29 is 19.1 Å². The Morgan fingerprint density at radius 2 is 1.78 bits per heavy atom. The zero-order valence-electron chi connectivity index (χ0n) is 15.6. The van der Waals surface area contributed by atoms with Gasteiger partial charge in [0, 0.05) is 18.5 Å². The summed E-state index contributed by atoms with van der Waals surface area (Å²) < 4.78 is 10.6. The minimum absolute atomic E-state index is 0.104. The molecule has 5 nitrogen and oxygen atoms in total. The van der Waals surface area contributed by atoms with Crippen molar-refractivity contribution in [2.24, 2.45) is 0 Å². The van der Waals surface area contributed by atoms with Crippen molar-refractivity contribution in [3.8, 4) is 5.75 Å². The lowest BCUT2D eigenvalue weighted by molar-refractivity contribution is -0.150. The van der Waals surface area contributed by atoms with Crippen LogP contribution in [-0.4, -0.2) is 43.1 Å². The third-order valence-corrected chi connectivity index (χ3v) is 4.85. The molecular weight excluding hydrogens is 342 g/mol. The molecule has 0 aromatic heterocycles. The zero-order valence-corrected chi connectivity index (χ0v) is 15.6. The first-order valence-corrected chi connectivity index (χ1v) is 9.34. The Bertz CT molecular complexity index is 758. The summed E-state index contributed by atoms with van der Waals surface area (Å²) in [5.74, 6) is 0.382. The molecule has 1 aliphatic rings. The van der Waals surface area contributed by atoms with Crippen LogP contribution in [0, 0.1) is 0 Å². The van der Waals surface area contributed by atoms with Gasteiger partial charge in [-0.2, -0.15) is 0 Å². The van der Waals surface area contributed by atoms with Crippen LogP contribution in [0.4, 0.5) is 0 Å². The standard InChI is InChI=1S/C22H25NO4/c1-26-19-12-10-17(11-13-19)14-16-27-22(25)20-9-5-6-15-23(20)21(24)18-7-3-2-4-8-18/h2-4,7-8,10-13,20H,5-6,9,14-16H2,1H3. The first kappa shape index (κ1) is 19.0. The summed E-state index contributed by atoms with van der Waals surface area (Å²) in [7, 11) is 1.63. The summed E-state index contributed by atoms with van der Waals surface area (Å²) in [4.78, 5) is 27.0. The molecule has 1 fully saturated rings. The third-order valence-electron chi connectivity index (χ3n) is 4.85. The van der Waals surface area contributed by atoms with Gasteiger partial charge >= 0.3 is 5.97 Å². The number of rotatable bonds is 6. The number of amides is 1. The highest BCUT2D eigenvalue weighted by molar-refractivity contribution is 5.96. The van der Waals surface area contributed by atoms with E-state index >= 15 is 0 Å². The Morgan fingerprint density at radius 1 is 1.04 bits per heavy atom. The summed E-state index contributed by atoms with van der Waals surface area (Å²) in [5, 5.41) is 0. The average molecular weight is 367 g/mol. The number of hydrogen-bond donors (Lipinski definition) is 0. The maximum atomic E-state index is 12.8. The minimum atomic E-state index is -0.498. The predicted molar refractivity (Wildman–Crippen MR) is 103 cm³/mol. The van der Waals surface area contributed by atoms with E-state index in [9.17, 15) is 9.59 Å². The second-order valence-electron chi connectivity index (χ2n) is 6.64. The summed E-state index contributed by atoms with van der Waals surface area (Å²) in [5.41, 5.74) is 1.68. The summed E-state index contributed by atoms with van der Waals surface area (Å²) in [6.45, 7) is 0.890. The molecule has 1 amide bonds. The first-order valence-electron chi connectivity index (χ1n) is 9.34. The number of carbonyl (C=O) groups is 2. The molecule has 2 aromatic rings. The van der Waals surface area contributed by atoms with Crippen molar-refractivity contribution >= 4 is 11.9 Å². The molecule has 0 spiro atoms. The van der Waals surface area contributed by atoms with Gasteiger partial charge in [-0.25, -0.2) is 4.79 Å². The molecule has 1 aliphatic heterocycles. The Kier molecular flexibility index (Phi) is 6.47. The highest BCUT2D eigenvalue weighted by Gasteiger charge is 2.33. The monoisotopic (exact) mass is 367 g/mol. The molecule has 0 aliphatic carbocycles. The predicted octanol–water partition coefficient (Wildman–Crippen LogP) is 3.48. The smallest absolute Gasteiger partial charge is 0.328 e. The van der Waals surface area contributed by atoms with Gasteiger partial charge in [0.1, 0.15) is 11.8 Å². The molecule has 1 heterocycles. The molecule has 2 aromatic carbocycles. The highest BCUT2D eigenvalue weighted by Crippen LogP contribution is 2.21. The average Bonchev–Trinajstić information content (AvgIpc) is 2.74. The Labute approximate surface area is 159 Å². The second kappa shape index (κ2) is 9.21. The van der Waals surface area contributed by atoms with Crippen LogP contribution >= 0.6 is 0 Å². The Hall–Kier alpha value is -2.82. The molecule has 1 atom stereocenters. The number of methoxy groups -OCH3 is 1. The minimum Gasteiger partial charge on any atom is -0.497 e. The van der Waals surface area contributed by atoms with Crippen LogP contribution in [0.1, 0.15) is 35.2 Å². The number of likely N-dealkylation sites (tertiary alicyclic amines) is 1. The van der Waals surface area contributed by atoms with E-state index in [1.165, 1.54) is 0 Å². The van der Waals surface area contributed by atoms with Gasteiger partial charge in [0.2, 0.25) is 0 Å². The van der Waals surface area contributed by atoms with E-state index in [1.807, 2.05) is 42.5 Å². The largest absolute Gasteiger partial charge is 0.497 e. The molecular formula is C22H25NO4. The highest BCUT2D eigenvalue weighted by atomic mass is 16.5. The Morgan fingerprint density at radius 3 is 2.48 bits per heavy atom. The van der Waals surface area contributed by atoms with E-state index < -0.39 is 6.04 Å². The zero-order chi connectivity index (χ0) is 19.1. The van der Waals surface area contributed by atoms with E-state index in [2.05, 4.69) is 0 Å². The van der Waals surface area contributed by atoms with Gasteiger partial charge in [0.05, 0.1) is 13.7 Å². The van der Waals surface area contributed by atoms with Crippen molar-refractivity contribution in [2.45, 2.75) is 31.7 Å². The van der Waals surface area contributed by atoms with E-state index in [4.69, 9.17) is 9.47 Å². The fraction of sp³-hybridized carbons (Fsp3) is 0.364.